The predicted molar refractivity (Wildman–Crippen MR) is 88.8 cm³/mol. The lowest BCUT2D eigenvalue weighted by Gasteiger charge is -2.30. The summed E-state index contributed by atoms with van der Waals surface area (Å²) in [6, 6.07) is 0. The quantitative estimate of drug-likeness (QED) is 0.458. The molecule has 0 saturated heterocycles. The summed E-state index contributed by atoms with van der Waals surface area (Å²) in [5.41, 5.74) is 0.687. The highest BCUT2D eigenvalue weighted by molar-refractivity contribution is 4.78. The molecule has 0 bridgehead atoms. The van der Waals surface area contributed by atoms with Crippen molar-refractivity contribution in [3.63, 3.8) is 0 Å². The fraction of sp³-hybridized carbons (Fsp3) is 1.00. The van der Waals surface area contributed by atoms with Gasteiger partial charge in [0.05, 0.1) is 0 Å². The molecule has 0 amide bonds. The summed E-state index contributed by atoms with van der Waals surface area (Å²) >= 11 is 0. The van der Waals surface area contributed by atoms with Crippen molar-refractivity contribution >= 4 is 0 Å². The van der Waals surface area contributed by atoms with Gasteiger partial charge in [0.1, 0.15) is 0 Å². The highest BCUT2D eigenvalue weighted by Crippen LogP contribution is 2.24. The summed E-state index contributed by atoms with van der Waals surface area (Å²) in [5, 5.41) is 3.64. The molecule has 0 aliphatic rings. The number of hydrogen-bond acceptors (Lipinski definition) is 1. The van der Waals surface area contributed by atoms with Crippen LogP contribution in [0.15, 0.2) is 0 Å². The minimum Gasteiger partial charge on any atom is -0.312 e. The fourth-order valence-corrected chi connectivity index (χ4v) is 2.33. The number of hydrogen-bond donors (Lipinski definition) is 1. The van der Waals surface area contributed by atoms with Crippen molar-refractivity contribution in [1.82, 2.24) is 5.32 Å². The van der Waals surface area contributed by atoms with Crippen molar-refractivity contribution in [1.29, 1.82) is 0 Å². The Bertz CT molecular complexity index is 200. The Morgan fingerprint density at radius 3 is 1.63 bits per heavy atom. The molecule has 0 aromatic heterocycles. The molecule has 0 aromatic rings. The van der Waals surface area contributed by atoms with Gasteiger partial charge in [-0.2, -0.15) is 0 Å². The molecule has 0 rings (SSSR count). The summed E-state index contributed by atoms with van der Waals surface area (Å²) in [6.45, 7) is 15.0. The summed E-state index contributed by atoms with van der Waals surface area (Å²) in [6.07, 6.45) is 12.7. The van der Waals surface area contributed by atoms with E-state index in [0.29, 0.717) is 5.41 Å². The third-order valence-electron chi connectivity index (χ3n) is 3.80. The van der Waals surface area contributed by atoms with Crippen molar-refractivity contribution in [2.75, 3.05) is 6.54 Å². The molecule has 0 radical (unpaired) electrons. The second-order valence-electron chi connectivity index (χ2n) is 7.99. The van der Waals surface area contributed by atoms with Crippen LogP contribution >= 0.6 is 0 Å². The molecule has 1 nitrogen and oxygen atoms in total. The van der Waals surface area contributed by atoms with Crippen molar-refractivity contribution < 1.29 is 0 Å². The van der Waals surface area contributed by atoms with Crippen LogP contribution < -0.4 is 5.32 Å². The van der Waals surface area contributed by atoms with Crippen molar-refractivity contribution in [3.8, 4) is 0 Å². The monoisotopic (exact) mass is 269 g/mol. The van der Waals surface area contributed by atoms with Crippen LogP contribution in [0.3, 0.4) is 0 Å². The van der Waals surface area contributed by atoms with E-state index < -0.39 is 0 Å². The molecular weight excluding hydrogens is 230 g/mol. The standard InChI is InChI=1S/C18H39N/c1-7-8-9-10-11-12-13-14-15-18(5,6)16-19-17(2,3)4/h19H,7-16H2,1-6H3. The van der Waals surface area contributed by atoms with Crippen LogP contribution in [0.4, 0.5) is 0 Å². The molecule has 0 aliphatic carbocycles. The largest absolute Gasteiger partial charge is 0.312 e. The van der Waals surface area contributed by atoms with E-state index in [-0.39, 0.29) is 5.54 Å². The lowest BCUT2D eigenvalue weighted by atomic mass is 9.86. The molecule has 0 spiro atoms. The molecule has 19 heavy (non-hydrogen) atoms. The third-order valence-corrected chi connectivity index (χ3v) is 3.80. The third kappa shape index (κ3) is 14.2. The predicted octanol–water partition coefficient (Wildman–Crippen LogP) is 5.93. The first-order valence-electron chi connectivity index (χ1n) is 8.52. The Morgan fingerprint density at radius 1 is 0.684 bits per heavy atom. The van der Waals surface area contributed by atoms with Crippen molar-refractivity contribution in [2.45, 2.75) is 105 Å². The first kappa shape index (κ1) is 19.0. The molecule has 0 unspecified atom stereocenters. The molecule has 1 N–H and O–H groups in total. The van der Waals surface area contributed by atoms with Gasteiger partial charge in [-0.3, -0.25) is 0 Å². The fourth-order valence-electron chi connectivity index (χ4n) is 2.33. The van der Waals surface area contributed by atoms with Crippen molar-refractivity contribution in [3.05, 3.63) is 0 Å². The zero-order chi connectivity index (χ0) is 14.8. The van der Waals surface area contributed by atoms with E-state index in [1.165, 1.54) is 57.8 Å². The zero-order valence-corrected chi connectivity index (χ0v) is 14.6. The molecular formula is C18H39N. The average molecular weight is 270 g/mol. The number of unbranched alkanes of at least 4 members (excludes halogenated alkanes) is 7. The Morgan fingerprint density at radius 2 is 1.16 bits per heavy atom. The maximum Gasteiger partial charge on any atom is 0.00967 e. The van der Waals surface area contributed by atoms with Gasteiger partial charge in [0.15, 0.2) is 0 Å². The van der Waals surface area contributed by atoms with Crippen LogP contribution in [-0.4, -0.2) is 12.1 Å². The smallest absolute Gasteiger partial charge is 0.00967 e. The van der Waals surface area contributed by atoms with E-state index in [0.717, 1.165) is 6.54 Å². The summed E-state index contributed by atoms with van der Waals surface area (Å²) in [5.74, 6) is 0. The molecule has 0 aromatic carbocycles. The Hall–Kier alpha value is -0.0400. The molecule has 0 heterocycles. The lowest BCUT2D eigenvalue weighted by Crippen LogP contribution is -2.41. The van der Waals surface area contributed by atoms with E-state index in [4.69, 9.17) is 0 Å². The SMILES string of the molecule is CCCCCCCCCCC(C)(C)CNC(C)(C)C. The summed E-state index contributed by atoms with van der Waals surface area (Å²) in [7, 11) is 0. The van der Waals surface area contributed by atoms with Crippen molar-refractivity contribution in [2.24, 2.45) is 5.41 Å². The van der Waals surface area contributed by atoms with Crippen LogP contribution in [0.2, 0.25) is 0 Å². The van der Waals surface area contributed by atoms with Gasteiger partial charge >= 0.3 is 0 Å². The van der Waals surface area contributed by atoms with Crippen LogP contribution in [0.25, 0.3) is 0 Å². The van der Waals surface area contributed by atoms with E-state index in [9.17, 15) is 0 Å². The van der Waals surface area contributed by atoms with Crippen LogP contribution in [-0.2, 0) is 0 Å². The Kier molecular flexibility index (Phi) is 9.78. The Labute approximate surface area is 122 Å². The van der Waals surface area contributed by atoms with Crippen LogP contribution in [0, 0.1) is 5.41 Å². The van der Waals surface area contributed by atoms with E-state index in [1.54, 1.807) is 0 Å². The van der Waals surface area contributed by atoms with Gasteiger partial charge in [-0.05, 0) is 32.6 Å². The molecule has 1 heteroatoms. The zero-order valence-electron chi connectivity index (χ0n) is 14.6. The maximum atomic E-state index is 3.64. The molecule has 0 saturated carbocycles. The van der Waals surface area contributed by atoms with Gasteiger partial charge in [-0.25, -0.2) is 0 Å². The number of nitrogens with one attached hydrogen (secondary N) is 1. The first-order chi connectivity index (χ1) is 8.77. The van der Waals surface area contributed by atoms with Crippen LogP contribution in [0.5, 0.6) is 0 Å². The minimum absolute atomic E-state index is 0.247. The normalized spacial score (nSPS) is 12.9. The van der Waals surface area contributed by atoms with Gasteiger partial charge in [-0.1, -0.05) is 72.1 Å². The minimum atomic E-state index is 0.247. The molecule has 116 valence electrons. The van der Waals surface area contributed by atoms with E-state index in [1.807, 2.05) is 0 Å². The van der Waals surface area contributed by atoms with Gasteiger partial charge < -0.3 is 5.32 Å². The molecule has 0 fully saturated rings. The highest BCUT2D eigenvalue weighted by Gasteiger charge is 2.20. The molecule has 0 aliphatic heterocycles. The summed E-state index contributed by atoms with van der Waals surface area (Å²) in [4.78, 5) is 0. The molecule has 0 atom stereocenters. The first-order valence-corrected chi connectivity index (χ1v) is 8.52. The van der Waals surface area contributed by atoms with E-state index in [2.05, 4.69) is 46.9 Å². The van der Waals surface area contributed by atoms with Gasteiger partial charge in [0, 0.05) is 12.1 Å². The van der Waals surface area contributed by atoms with Gasteiger partial charge in [0.25, 0.3) is 0 Å². The Balaban J connectivity index is 3.48. The maximum absolute atomic E-state index is 3.64. The van der Waals surface area contributed by atoms with Crippen LogP contribution in [0.1, 0.15) is 99.3 Å². The number of rotatable bonds is 11. The topological polar surface area (TPSA) is 12.0 Å². The average Bonchev–Trinajstić information content (AvgIpc) is 2.29. The second-order valence-corrected chi connectivity index (χ2v) is 7.99. The highest BCUT2D eigenvalue weighted by atomic mass is 14.9. The second kappa shape index (κ2) is 9.80. The van der Waals surface area contributed by atoms with Gasteiger partial charge in [-0.15, -0.1) is 0 Å². The van der Waals surface area contributed by atoms with E-state index >= 15 is 0 Å². The summed E-state index contributed by atoms with van der Waals surface area (Å²) < 4.78 is 0. The lowest BCUT2D eigenvalue weighted by molar-refractivity contribution is 0.264. The van der Waals surface area contributed by atoms with Gasteiger partial charge in [0.2, 0.25) is 0 Å².